The van der Waals surface area contributed by atoms with E-state index in [1.807, 2.05) is 29.9 Å². The number of thioether (sulfide) groups is 1. The Bertz CT molecular complexity index is 798. The summed E-state index contributed by atoms with van der Waals surface area (Å²) < 4.78 is 7.06. The van der Waals surface area contributed by atoms with Crippen molar-refractivity contribution >= 4 is 29.5 Å². The van der Waals surface area contributed by atoms with Gasteiger partial charge < -0.3 is 14.6 Å². The summed E-state index contributed by atoms with van der Waals surface area (Å²) in [5.74, 6) is -0.0649. The molecule has 2 aromatic rings. The second kappa shape index (κ2) is 9.60. The molecule has 7 heteroatoms. The molecule has 0 unspecified atom stereocenters. The smallest absolute Gasteiger partial charge is 0.358 e. The predicted octanol–water partition coefficient (Wildman–Crippen LogP) is 4.39. The van der Waals surface area contributed by atoms with Gasteiger partial charge in [-0.1, -0.05) is 43.3 Å². The summed E-state index contributed by atoms with van der Waals surface area (Å²) in [6.45, 7) is 8.86. The monoisotopic (exact) mass is 389 g/mol. The lowest BCUT2D eigenvalue weighted by Gasteiger charge is -2.12. The number of aromatic nitrogens is 2. The first-order chi connectivity index (χ1) is 12.9. The molecule has 6 nitrogen and oxygen atoms in total. The third-order valence-electron chi connectivity index (χ3n) is 4.06. The Kier molecular flexibility index (Phi) is 7.47. The van der Waals surface area contributed by atoms with Crippen LogP contribution >= 0.6 is 11.8 Å². The van der Waals surface area contributed by atoms with Crippen molar-refractivity contribution in [3.05, 3.63) is 41.1 Å². The molecule has 1 N–H and O–H groups in total. The molecule has 0 radical (unpaired) electrons. The highest BCUT2D eigenvalue weighted by atomic mass is 32.2. The lowest BCUT2D eigenvalue weighted by molar-refractivity contribution is 0.0513. The maximum atomic E-state index is 12.6. The summed E-state index contributed by atoms with van der Waals surface area (Å²) in [6, 6.07) is 7.24. The van der Waals surface area contributed by atoms with Gasteiger partial charge in [-0.05, 0) is 44.6 Å². The van der Waals surface area contributed by atoms with Gasteiger partial charge in [-0.2, -0.15) is 0 Å². The number of benzene rings is 1. The van der Waals surface area contributed by atoms with Gasteiger partial charge in [0.05, 0.1) is 6.61 Å². The Morgan fingerprint density at radius 1 is 1.26 bits per heavy atom. The van der Waals surface area contributed by atoms with Crippen molar-refractivity contribution in [1.29, 1.82) is 0 Å². The van der Waals surface area contributed by atoms with E-state index in [0.717, 1.165) is 12.0 Å². The van der Waals surface area contributed by atoms with Crippen LogP contribution < -0.4 is 5.32 Å². The molecule has 1 aromatic carbocycles. The van der Waals surface area contributed by atoms with Gasteiger partial charge in [-0.3, -0.25) is 4.79 Å². The minimum absolute atomic E-state index is 0.243. The number of amides is 1. The second-order valence-corrected chi connectivity index (χ2v) is 7.44. The van der Waals surface area contributed by atoms with Crippen LogP contribution in [0, 0.1) is 12.8 Å². The van der Waals surface area contributed by atoms with Crippen molar-refractivity contribution < 1.29 is 14.3 Å². The van der Waals surface area contributed by atoms with Crippen LogP contribution in [0.5, 0.6) is 0 Å². The molecule has 27 heavy (non-hydrogen) atoms. The van der Waals surface area contributed by atoms with Crippen LogP contribution in [0.1, 0.15) is 53.6 Å². The van der Waals surface area contributed by atoms with Gasteiger partial charge in [0.15, 0.2) is 16.7 Å². The Labute approximate surface area is 164 Å². The van der Waals surface area contributed by atoms with Crippen molar-refractivity contribution in [2.24, 2.45) is 5.92 Å². The quantitative estimate of drug-likeness (QED) is 0.535. The van der Waals surface area contributed by atoms with E-state index >= 15 is 0 Å². The second-order valence-electron chi connectivity index (χ2n) is 6.67. The van der Waals surface area contributed by atoms with Gasteiger partial charge in [0.1, 0.15) is 0 Å². The van der Waals surface area contributed by atoms with Crippen LogP contribution in [0.25, 0.3) is 0 Å². The van der Waals surface area contributed by atoms with Gasteiger partial charge in [-0.15, -0.1) is 0 Å². The van der Waals surface area contributed by atoms with Gasteiger partial charge in [0.2, 0.25) is 0 Å². The number of imidazole rings is 1. The molecule has 0 aliphatic rings. The fourth-order valence-corrected chi connectivity index (χ4v) is 3.15. The Morgan fingerprint density at radius 2 is 1.93 bits per heavy atom. The van der Waals surface area contributed by atoms with Gasteiger partial charge >= 0.3 is 5.97 Å². The van der Waals surface area contributed by atoms with E-state index in [1.165, 1.54) is 11.8 Å². The lowest BCUT2D eigenvalue weighted by Crippen LogP contribution is -2.19. The summed E-state index contributed by atoms with van der Waals surface area (Å²) in [5.41, 5.74) is 1.88. The lowest BCUT2D eigenvalue weighted by atomic mass is 10.1. The van der Waals surface area contributed by atoms with Crippen molar-refractivity contribution in [1.82, 2.24) is 9.55 Å². The highest BCUT2D eigenvalue weighted by Crippen LogP contribution is 2.26. The van der Waals surface area contributed by atoms with E-state index < -0.39 is 5.97 Å². The molecule has 0 aliphatic carbocycles. The van der Waals surface area contributed by atoms with Gasteiger partial charge in [0, 0.05) is 12.1 Å². The molecule has 0 saturated carbocycles. The molecule has 1 heterocycles. The summed E-state index contributed by atoms with van der Waals surface area (Å²) >= 11 is 1.44. The summed E-state index contributed by atoms with van der Waals surface area (Å²) in [7, 11) is 0. The number of hydrogen-bond acceptors (Lipinski definition) is 5. The van der Waals surface area contributed by atoms with Crippen molar-refractivity contribution in [2.45, 2.75) is 45.8 Å². The third kappa shape index (κ3) is 5.35. The van der Waals surface area contributed by atoms with E-state index in [9.17, 15) is 9.59 Å². The third-order valence-corrected chi connectivity index (χ3v) is 4.74. The topological polar surface area (TPSA) is 73.2 Å². The van der Waals surface area contributed by atoms with Gasteiger partial charge in [0.25, 0.3) is 5.91 Å². The largest absolute Gasteiger partial charge is 0.461 e. The van der Waals surface area contributed by atoms with Crippen molar-refractivity contribution in [3.8, 4) is 0 Å². The molecule has 1 aromatic heterocycles. The molecule has 146 valence electrons. The zero-order valence-corrected chi connectivity index (χ0v) is 17.4. The number of nitrogens with zero attached hydrogens (tertiary/aromatic N) is 2. The Hall–Kier alpha value is -2.28. The number of anilines is 1. The van der Waals surface area contributed by atoms with E-state index in [1.54, 1.807) is 19.1 Å². The number of rotatable bonds is 8. The first-order valence-corrected chi connectivity index (χ1v) is 10.3. The maximum Gasteiger partial charge on any atom is 0.358 e. The Balaban J connectivity index is 2.39. The van der Waals surface area contributed by atoms with E-state index in [0.29, 0.717) is 28.9 Å². The number of carbonyl (C=O) groups is 2. The van der Waals surface area contributed by atoms with Gasteiger partial charge in [-0.25, -0.2) is 9.78 Å². The first kappa shape index (κ1) is 21.0. The van der Waals surface area contributed by atoms with Crippen LogP contribution in [-0.4, -0.2) is 34.3 Å². The number of carbonyl (C=O) groups excluding carboxylic acids is 2. The SMILES string of the molecule is CCOC(=O)c1c(NC(=O)c2ccc(C)cc2)nc(SC)n1CCC(C)C. The minimum Gasteiger partial charge on any atom is -0.461 e. The van der Waals surface area contributed by atoms with Crippen LogP contribution in [0.3, 0.4) is 0 Å². The molecule has 0 atom stereocenters. The molecule has 0 fully saturated rings. The first-order valence-electron chi connectivity index (χ1n) is 9.07. The molecule has 0 spiro atoms. The van der Waals surface area contributed by atoms with Crippen LogP contribution in [0.4, 0.5) is 5.82 Å². The fraction of sp³-hybridized carbons (Fsp3) is 0.450. The zero-order chi connectivity index (χ0) is 20.0. The molecular weight excluding hydrogens is 362 g/mol. The maximum absolute atomic E-state index is 12.6. The van der Waals surface area contributed by atoms with Crippen LogP contribution in [0.2, 0.25) is 0 Å². The van der Waals surface area contributed by atoms with E-state index in [-0.39, 0.29) is 18.3 Å². The zero-order valence-electron chi connectivity index (χ0n) is 16.5. The normalized spacial score (nSPS) is 10.9. The standard InChI is InChI=1S/C20H27N3O3S/c1-6-26-19(25)16-17(21-18(24)15-9-7-14(4)8-10-15)22-20(27-5)23(16)12-11-13(2)3/h7-10,13H,6,11-12H2,1-5H3,(H,21,24). The average molecular weight is 390 g/mol. The Morgan fingerprint density at radius 3 is 2.48 bits per heavy atom. The number of esters is 1. The van der Waals surface area contributed by atoms with Crippen molar-refractivity contribution in [3.63, 3.8) is 0 Å². The highest BCUT2D eigenvalue weighted by Gasteiger charge is 2.25. The van der Waals surface area contributed by atoms with Crippen LogP contribution in [0.15, 0.2) is 29.4 Å². The summed E-state index contributed by atoms with van der Waals surface area (Å²) in [6.07, 6.45) is 2.79. The molecule has 0 bridgehead atoms. The highest BCUT2D eigenvalue weighted by molar-refractivity contribution is 7.98. The predicted molar refractivity (Wildman–Crippen MR) is 109 cm³/mol. The number of aryl methyl sites for hydroxylation is 1. The summed E-state index contributed by atoms with van der Waals surface area (Å²) in [5, 5.41) is 3.46. The molecule has 0 aliphatic heterocycles. The molecule has 1 amide bonds. The molecule has 2 rings (SSSR count). The van der Waals surface area contributed by atoms with Crippen LogP contribution in [-0.2, 0) is 11.3 Å². The summed E-state index contributed by atoms with van der Waals surface area (Å²) in [4.78, 5) is 29.7. The molecule has 0 saturated heterocycles. The fourth-order valence-electron chi connectivity index (χ4n) is 2.56. The number of hydrogen-bond donors (Lipinski definition) is 1. The number of nitrogens with one attached hydrogen (secondary N) is 1. The molecular formula is C20H27N3O3S. The van der Waals surface area contributed by atoms with E-state index in [2.05, 4.69) is 24.1 Å². The van der Waals surface area contributed by atoms with E-state index in [4.69, 9.17) is 4.74 Å². The minimum atomic E-state index is -0.478. The van der Waals surface area contributed by atoms with Crippen molar-refractivity contribution in [2.75, 3.05) is 18.2 Å². The average Bonchev–Trinajstić information content (AvgIpc) is 2.97. The number of ether oxygens (including phenoxy) is 1.